The molecule has 18 heavy (non-hydrogen) atoms. The highest BCUT2D eigenvalue weighted by Crippen LogP contribution is 2.05. The summed E-state index contributed by atoms with van der Waals surface area (Å²) in [6.45, 7) is 5.91. The fraction of sp³-hybridized carbons (Fsp3) is 0.700. The summed E-state index contributed by atoms with van der Waals surface area (Å²) in [5.74, 6) is 0.191. The van der Waals surface area contributed by atoms with Gasteiger partial charge in [0.05, 0.1) is 25.5 Å². The van der Waals surface area contributed by atoms with Gasteiger partial charge in [0.25, 0.3) is 0 Å². The molecule has 1 fully saturated rings. The van der Waals surface area contributed by atoms with Crippen molar-refractivity contribution in [3.8, 4) is 0 Å². The van der Waals surface area contributed by atoms with E-state index in [2.05, 4.69) is 16.9 Å². The number of hydrogen-bond acceptors (Lipinski definition) is 4. The Bertz CT molecular complexity index is 388. The minimum atomic E-state index is -3.26. The van der Waals surface area contributed by atoms with Crippen LogP contribution in [0.25, 0.3) is 0 Å². The maximum absolute atomic E-state index is 11.9. The average molecular weight is 276 g/mol. The van der Waals surface area contributed by atoms with Gasteiger partial charge in [-0.3, -0.25) is 4.99 Å². The Hall–Kier alpha value is -1.12. The van der Waals surface area contributed by atoms with E-state index in [0.717, 1.165) is 0 Å². The number of rotatable bonds is 6. The van der Waals surface area contributed by atoms with Gasteiger partial charge in [0.1, 0.15) is 0 Å². The first kappa shape index (κ1) is 14.9. The van der Waals surface area contributed by atoms with Crippen molar-refractivity contribution in [1.29, 1.82) is 0 Å². The maximum atomic E-state index is 11.9. The zero-order valence-corrected chi connectivity index (χ0v) is 11.2. The minimum Gasteiger partial charge on any atom is -0.379 e. The van der Waals surface area contributed by atoms with Crippen LogP contribution >= 0.6 is 0 Å². The fourth-order valence-corrected chi connectivity index (χ4v) is 2.75. The van der Waals surface area contributed by atoms with Crippen molar-refractivity contribution in [1.82, 2.24) is 9.62 Å². The molecule has 0 amide bonds. The first-order valence-electron chi connectivity index (χ1n) is 5.76. The molecule has 0 spiro atoms. The Labute approximate surface area is 108 Å². The third-order valence-corrected chi connectivity index (χ3v) is 4.27. The van der Waals surface area contributed by atoms with Gasteiger partial charge in [-0.1, -0.05) is 6.08 Å². The van der Waals surface area contributed by atoms with Crippen molar-refractivity contribution in [3.63, 3.8) is 0 Å². The number of nitrogens with zero attached hydrogens (tertiary/aromatic N) is 2. The zero-order valence-electron chi connectivity index (χ0n) is 10.3. The third-order valence-electron chi connectivity index (χ3n) is 2.42. The lowest BCUT2D eigenvalue weighted by Crippen LogP contribution is -2.42. The molecule has 0 aliphatic carbocycles. The van der Waals surface area contributed by atoms with Gasteiger partial charge in [-0.05, 0) is 0 Å². The monoisotopic (exact) mass is 276 g/mol. The van der Waals surface area contributed by atoms with Crippen molar-refractivity contribution in [3.05, 3.63) is 12.7 Å². The number of hydrogen-bond donors (Lipinski definition) is 2. The topological polar surface area (TPSA) is 97.0 Å². The molecule has 0 aromatic carbocycles. The second-order valence-corrected chi connectivity index (χ2v) is 5.85. The molecule has 7 nitrogen and oxygen atoms in total. The molecule has 0 bridgehead atoms. The van der Waals surface area contributed by atoms with Crippen LogP contribution in [0.15, 0.2) is 17.6 Å². The summed E-state index contributed by atoms with van der Waals surface area (Å²) in [5.41, 5.74) is 5.53. The van der Waals surface area contributed by atoms with Crippen LogP contribution in [0.2, 0.25) is 0 Å². The van der Waals surface area contributed by atoms with E-state index in [4.69, 9.17) is 10.5 Å². The number of morpholine rings is 1. The van der Waals surface area contributed by atoms with E-state index in [9.17, 15) is 8.42 Å². The minimum absolute atomic E-state index is 0.0382. The van der Waals surface area contributed by atoms with E-state index >= 15 is 0 Å². The molecule has 0 radical (unpaired) electrons. The van der Waals surface area contributed by atoms with Gasteiger partial charge in [-0.2, -0.15) is 4.31 Å². The van der Waals surface area contributed by atoms with Crippen molar-refractivity contribution in [2.45, 2.75) is 0 Å². The summed E-state index contributed by atoms with van der Waals surface area (Å²) in [7, 11) is -3.26. The fourth-order valence-electron chi connectivity index (χ4n) is 1.47. The number of nitrogens with one attached hydrogen (secondary N) is 1. The van der Waals surface area contributed by atoms with E-state index < -0.39 is 10.0 Å². The molecular formula is C10H20N4O3S. The smallest absolute Gasteiger partial charge is 0.216 e. The van der Waals surface area contributed by atoms with Gasteiger partial charge in [0, 0.05) is 19.6 Å². The van der Waals surface area contributed by atoms with E-state index in [1.807, 2.05) is 0 Å². The molecule has 8 heteroatoms. The van der Waals surface area contributed by atoms with Crippen LogP contribution in [0.4, 0.5) is 0 Å². The molecule has 104 valence electrons. The van der Waals surface area contributed by atoms with E-state index in [1.54, 1.807) is 6.08 Å². The van der Waals surface area contributed by atoms with Crippen LogP contribution in [-0.4, -0.2) is 63.8 Å². The van der Waals surface area contributed by atoms with Gasteiger partial charge in [0.15, 0.2) is 5.96 Å². The number of guanidine groups is 1. The maximum Gasteiger partial charge on any atom is 0.216 e. The Kier molecular flexibility index (Phi) is 6.10. The summed E-state index contributed by atoms with van der Waals surface area (Å²) in [6, 6.07) is 0. The number of ether oxygens (including phenoxy) is 1. The molecule has 0 aromatic rings. The summed E-state index contributed by atoms with van der Waals surface area (Å²) in [5, 5.41) is 2.78. The molecule has 0 aromatic heterocycles. The second kappa shape index (κ2) is 7.34. The first-order chi connectivity index (χ1) is 8.56. The van der Waals surface area contributed by atoms with Crippen LogP contribution in [0.1, 0.15) is 0 Å². The molecule has 0 saturated carbocycles. The van der Waals surface area contributed by atoms with Crippen molar-refractivity contribution >= 4 is 16.0 Å². The van der Waals surface area contributed by atoms with Crippen LogP contribution < -0.4 is 11.1 Å². The van der Waals surface area contributed by atoms with Gasteiger partial charge in [-0.25, -0.2) is 8.42 Å². The van der Waals surface area contributed by atoms with Gasteiger partial charge >= 0.3 is 0 Å². The Morgan fingerprint density at radius 2 is 2.17 bits per heavy atom. The molecule has 1 aliphatic rings. The van der Waals surface area contributed by atoms with E-state index in [1.165, 1.54) is 4.31 Å². The molecule has 1 aliphatic heterocycles. The van der Waals surface area contributed by atoms with Crippen LogP contribution in [0.5, 0.6) is 0 Å². The summed E-state index contributed by atoms with van der Waals surface area (Å²) in [4.78, 5) is 3.94. The van der Waals surface area contributed by atoms with Crippen molar-refractivity contribution < 1.29 is 13.2 Å². The third kappa shape index (κ3) is 5.03. The van der Waals surface area contributed by atoms with Gasteiger partial charge < -0.3 is 15.8 Å². The molecule has 1 rings (SSSR count). The lowest BCUT2D eigenvalue weighted by molar-refractivity contribution is 0.0731. The number of nitrogens with two attached hydrogens (primary N) is 1. The summed E-state index contributed by atoms with van der Waals surface area (Å²) >= 11 is 0. The van der Waals surface area contributed by atoms with Crippen LogP contribution in [0, 0.1) is 0 Å². The molecule has 1 heterocycles. The summed E-state index contributed by atoms with van der Waals surface area (Å²) < 4.78 is 30.3. The molecule has 0 atom stereocenters. The van der Waals surface area contributed by atoms with E-state index in [-0.39, 0.29) is 18.3 Å². The molecule has 3 N–H and O–H groups in total. The average Bonchev–Trinajstić information content (AvgIpc) is 2.37. The Morgan fingerprint density at radius 1 is 1.50 bits per heavy atom. The zero-order chi connectivity index (χ0) is 13.4. The SMILES string of the molecule is C=CCNC(N)=NCCS(=O)(=O)N1CCOCC1. The highest BCUT2D eigenvalue weighted by molar-refractivity contribution is 7.89. The quantitative estimate of drug-likeness (QED) is 0.358. The van der Waals surface area contributed by atoms with Crippen LogP contribution in [-0.2, 0) is 14.8 Å². The molecule has 0 unspecified atom stereocenters. The van der Waals surface area contributed by atoms with E-state index in [0.29, 0.717) is 32.8 Å². The first-order valence-corrected chi connectivity index (χ1v) is 7.37. The van der Waals surface area contributed by atoms with Crippen molar-refractivity contribution in [2.24, 2.45) is 10.7 Å². The predicted octanol–water partition coefficient (Wildman–Crippen LogP) is -1.26. The number of aliphatic imine (C=N–C) groups is 1. The predicted molar refractivity (Wildman–Crippen MR) is 70.9 cm³/mol. The Balaban J connectivity index is 2.39. The van der Waals surface area contributed by atoms with Gasteiger partial charge in [0.2, 0.25) is 10.0 Å². The molecular weight excluding hydrogens is 256 g/mol. The molecule has 1 saturated heterocycles. The highest BCUT2D eigenvalue weighted by atomic mass is 32.2. The lowest BCUT2D eigenvalue weighted by atomic mass is 10.5. The van der Waals surface area contributed by atoms with Crippen LogP contribution in [0.3, 0.4) is 0 Å². The normalized spacial score (nSPS) is 18.6. The van der Waals surface area contributed by atoms with Gasteiger partial charge in [-0.15, -0.1) is 6.58 Å². The standard InChI is InChI=1S/C10H20N4O3S/c1-2-3-12-10(11)13-4-9-18(15,16)14-5-7-17-8-6-14/h2H,1,3-9H2,(H3,11,12,13). The summed E-state index contributed by atoms with van der Waals surface area (Å²) in [6.07, 6.45) is 1.65. The highest BCUT2D eigenvalue weighted by Gasteiger charge is 2.23. The number of sulfonamides is 1. The second-order valence-electron chi connectivity index (χ2n) is 3.76. The Morgan fingerprint density at radius 3 is 2.78 bits per heavy atom. The van der Waals surface area contributed by atoms with Crippen molar-refractivity contribution in [2.75, 3.05) is 45.1 Å². The largest absolute Gasteiger partial charge is 0.379 e. The lowest BCUT2D eigenvalue weighted by Gasteiger charge is -2.25.